The molecule has 0 atom stereocenters. The van der Waals surface area contributed by atoms with Gasteiger partial charge in [-0.25, -0.2) is 9.97 Å². The second kappa shape index (κ2) is 3.93. The van der Waals surface area contributed by atoms with Gasteiger partial charge in [0.1, 0.15) is 6.33 Å². The standard InChI is InChI=1S/C12H17BN2O2/c1-6-10-9(7-14-8-15-10)13-16-11(2,3)12(4,5)17-13/h6-8H,1H2,2-5H3. The van der Waals surface area contributed by atoms with Gasteiger partial charge in [-0.3, -0.25) is 0 Å². The molecule has 17 heavy (non-hydrogen) atoms. The molecule has 0 aliphatic carbocycles. The smallest absolute Gasteiger partial charge is 0.399 e. The Morgan fingerprint density at radius 2 is 1.82 bits per heavy atom. The maximum absolute atomic E-state index is 5.94. The molecule has 1 aromatic heterocycles. The van der Waals surface area contributed by atoms with Crippen molar-refractivity contribution in [3.05, 3.63) is 24.8 Å². The second-order valence-corrected chi connectivity index (χ2v) is 5.16. The summed E-state index contributed by atoms with van der Waals surface area (Å²) in [5.41, 5.74) is 0.859. The van der Waals surface area contributed by atoms with E-state index in [4.69, 9.17) is 9.31 Å². The zero-order valence-electron chi connectivity index (χ0n) is 10.7. The van der Waals surface area contributed by atoms with E-state index in [-0.39, 0.29) is 11.2 Å². The van der Waals surface area contributed by atoms with Crippen LogP contribution in [0.1, 0.15) is 33.4 Å². The molecule has 5 heteroatoms. The van der Waals surface area contributed by atoms with Crippen molar-refractivity contribution in [1.29, 1.82) is 0 Å². The first-order valence-corrected chi connectivity index (χ1v) is 5.65. The van der Waals surface area contributed by atoms with E-state index in [2.05, 4.69) is 16.5 Å². The zero-order chi connectivity index (χ0) is 12.7. The van der Waals surface area contributed by atoms with Crippen LogP contribution in [-0.2, 0) is 9.31 Å². The molecule has 0 spiro atoms. The Morgan fingerprint density at radius 3 is 2.35 bits per heavy atom. The molecule has 4 nitrogen and oxygen atoms in total. The lowest BCUT2D eigenvalue weighted by molar-refractivity contribution is 0.00578. The van der Waals surface area contributed by atoms with Gasteiger partial charge in [-0.15, -0.1) is 0 Å². The Morgan fingerprint density at radius 1 is 1.24 bits per heavy atom. The fraction of sp³-hybridized carbons (Fsp3) is 0.500. The van der Waals surface area contributed by atoms with E-state index in [1.165, 1.54) is 6.33 Å². The van der Waals surface area contributed by atoms with Crippen LogP contribution in [0.3, 0.4) is 0 Å². The van der Waals surface area contributed by atoms with Crippen LogP contribution in [0.5, 0.6) is 0 Å². The Bertz CT molecular complexity index is 430. The fourth-order valence-electron chi connectivity index (χ4n) is 1.67. The van der Waals surface area contributed by atoms with Gasteiger partial charge in [-0.2, -0.15) is 0 Å². The monoisotopic (exact) mass is 232 g/mol. The number of rotatable bonds is 2. The second-order valence-electron chi connectivity index (χ2n) is 5.16. The lowest BCUT2D eigenvalue weighted by atomic mass is 9.79. The van der Waals surface area contributed by atoms with Crippen molar-refractivity contribution in [2.24, 2.45) is 0 Å². The van der Waals surface area contributed by atoms with Crippen LogP contribution in [0, 0.1) is 0 Å². The van der Waals surface area contributed by atoms with E-state index in [9.17, 15) is 0 Å². The van der Waals surface area contributed by atoms with Gasteiger partial charge in [-0.05, 0) is 33.8 Å². The third-order valence-electron chi connectivity index (χ3n) is 3.47. The quantitative estimate of drug-likeness (QED) is 0.723. The molecule has 0 radical (unpaired) electrons. The first kappa shape index (κ1) is 12.3. The Hall–Kier alpha value is -1.20. The molecule has 2 rings (SSSR count). The number of hydrogen-bond donors (Lipinski definition) is 0. The van der Waals surface area contributed by atoms with Gasteiger partial charge in [0.15, 0.2) is 0 Å². The summed E-state index contributed by atoms with van der Waals surface area (Å²) in [6.07, 6.45) is 4.89. The third-order valence-corrected chi connectivity index (χ3v) is 3.47. The first-order chi connectivity index (χ1) is 7.87. The van der Waals surface area contributed by atoms with Crippen LogP contribution >= 0.6 is 0 Å². The van der Waals surface area contributed by atoms with Gasteiger partial charge < -0.3 is 9.31 Å². The fourth-order valence-corrected chi connectivity index (χ4v) is 1.67. The first-order valence-electron chi connectivity index (χ1n) is 5.65. The third kappa shape index (κ3) is 2.00. The zero-order valence-corrected chi connectivity index (χ0v) is 10.7. The summed E-state index contributed by atoms with van der Waals surface area (Å²) in [7, 11) is -0.436. The van der Waals surface area contributed by atoms with Crippen molar-refractivity contribution in [2.45, 2.75) is 38.9 Å². The molecular weight excluding hydrogens is 215 g/mol. The summed E-state index contributed by atoms with van der Waals surface area (Å²) in [5.74, 6) is 0. The van der Waals surface area contributed by atoms with Crippen molar-refractivity contribution in [1.82, 2.24) is 9.97 Å². The van der Waals surface area contributed by atoms with Crippen LogP contribution in [-0.4, -0.2) is 28.3 Å². The minimum absolute atomic E-state index is 0.355. The van der Waals surface area contributed by atoms with Crippen LogP contribution in [0.15, 0.2) is 19.1 Å². The van der Waals surface area contributed by atoms with E-state index >= 15 is 0 Å². The topological polar surface area (TPSA) is 44.2 Å². The normalized spacial score (nSPS) is 21.5. The predicted octanol–water partition coefficient (Wildman–Crippen LogP) is 1.42. The van der Waals surface area contributed by atoms with Crippen LogP contribution < -0.4 is 5.46 Å². The molecule has 1 saturated heterocycles. The summed E-state index contributed by atoms with van der Waals surface area (Å²) in [5, 5.41) is 0. The van der Waals surface area contributed by atoms with E-state index in [1.807, 2.05) is 27.7 Å². The molecule has 1 aliphatic rings. The molecule has 0 bridgehead atoms. The Labute approximate surface area is 102 Å². The summed E-state index contributed by atoms with van der Waals surface area (Å²) in [4.78, 5) is 8.16. The molecule has 1 aliphatic heterocycles. The lowest BCUT2D eigenvalue weighted by Gasteiger charge is -2.32. The van der Waals surface area contributed by atoms with Gasteiger partial charge in [0.2, 0.25) is 0 Å². The minimum atomic E-state index is -0.436. The van der Waals surface area contributed by atoms with Gasteiger partial charge in [0, 0.05) is 11.7 Å². The highest BCUT2D eigenvalue weighted by Crippen LogP contribution is 2.36. The van der Waals surface area contributed by atoms with Crippen molar-refractivity contribution in [2.75, 3.05) is 0 Å². The highest BCUT2D eigenvalue weighted by Gasteiger charge is 2.52. The molecule has 0 saturated carbocycles. The molecule has 0 N–H and O–H groups in total. The van der Waals surface area contributed by atoms with Crippen molar-refractivity contribution >= 4 is 18.7 Å². The minimum Gasteiger partial charge on any atom is -0.399 e. The molecule has 0 unspecified atom stereocenters. The summed E-state index contributed by atoms with van der Waals surface area (Å²) < 4.78 is 11.9. The average molecular weight is 232 g/mol. The molecule has 1 aromatic rings. The summed E-state index contributed by atoms with van der Waals surface area (Å²) >= 11 is 0. The van der Waals surface area contributed by atoms with Crippen LogP contribution in [0.2, 0.25) is 0 Å². The SMILES string of the molecule is C=Cc1ncncc1B1OC(C)(C)C(C)(C)O1. The average Bonchev–Trinajstić information content (AvgIpc) is 2.48. The molecule has 0 amide bonds. The van der Waals surface area contributed by atoms with Gasteiger partial charge >= 0.3 is 7.12 Å². The predicted molar refractivity (Wildman–Crippen MR) is 67.8 cm³/mol. The number of nitrogens with zero attached hydrogens (tertiary/aromatic N) is 2. The molecular formula is C12H17BN2O2. The van der Waals surface area contributed by atoms with Crippen molar-refractivity contribution in [3.8, 4) is 0 Å². The van der Waals surface area contributed by atoms with Crippen LogP contribution in [0.4, 0.5) is 0 Å². The molecule has 0 aromatic carbocycles. The van der Waals surface area contributed by atoms with Gasteiger partial charge in [-0.1, -0.05) is 6.58 Å². The maximum Gasteiger partial charge on any atom is 0.498 e. The lowest BCUT2D eigenvalue weighted by Crippen LogP contribution is -2.41. The number of aromatic nitrogens is 2. The van der Waals surface area contributed by atoms with Crippen molar-refractivity contribution in [3.63, 3.8) is 0 Å². The van der Waals surface area contributed by atoms with E-state index in [0.29, 0.717) is 0 Å². The van der Waals surface area contributed by atoms with E-state index < -0.39 is 7.12 Å². The number of hydrogen-bond acceptors (Lipinski definition) is 4. The van der Waals surface area contributed by atoms with Gasteiger partial charge in [0.25, 0.3) is 0 Å². The van der Waals surface area contributed by atoms with E-state index in [1.54, 1.807) is 12.3 Å². The van der Waals surface area contributed by atoms with E-state index in [0.717, 1.165) is 11.2 Å². The molecule has 1 fully saturated rings. The summed E-state index contributed by atoms with van der Waals surface area (Å²) in [6.45, 7) is 11.8. The van der Waals surface area contributed by atoms with Gasteiger partial charge in [0.05, 0.1) is 16.9 Å². The molecule has 90 valence electrons. The summed E-state index contributed by atoms with van der Waals surface area (Å²) in [6, 6.07) is 0. The van der Waals surface area contributed by atoms with Crippen LogP contribution in [0.25, 0.3) is 6.08 Å². The molecule has 2 heterocycles. The Kier molecular flexibility index (Phi) is 2.83. The Balaban J connectivity index is 2.35. The highest BCUT2D eigenvalue weighted by molar-refractivity contribution is 6.62. The largest absolute Gasteiger partial charge is 0.498 e. The maximum atomic E-state index is 5.94. The highest BCUT2D eigenvalue weighted by atomic mass is 16.7. The van der Waals surface area contributed by atoms with Crippen molar-refractivity contribution < 1.29 is 9.31 Å².